The summed E-state index contributed by atoms with van der Waals surface area (Å²) < 4.78 is 5.05. The zero-order chi connectivity index (χ0) is 13.6. The molecule has 0 aromatic heterocycles. The molecule has 3 heteroatoms. The number of benzene rings is 1. The Labute approximate surface area is 108 Å². The van der Waals surface area contributed by atoms with Crippen LogP contribution in [-0.4, -0.2) is 18.6 Å². The van der Waals surface area contributed by atoms with Gasteiger partial charge in [0.15, 0.2) is 0 Å². The fourth-order valence-electron chi connectivity index (χ4n) is 1.27. The highest BCUT2D eigenvalue weighted by Gasteiger charge is 2.14. The van der Waals surface area contributed by atoms with Gasteiger partial charge in [-0.1, -0.05) is 18.1 Å². The summed E-state index contributed by atoms with van der Waals surface area (Å²) in [6, 6.07) is 7.41. The summed E-state index contributed by atoms with van der Waals surface area (Å²) in [5.74, 6) is 3.07. The van der Waals surface area contributed by atoms with E-state index in [1.54, 1.807) is 27.0 Å². The van der Waals surface area contributed by atoms with Crippen molar-refractivity contribution in [2.75, 3.05) is 7.11 Å². The van der Waals surface area contributed by atoms with Gasteiger partial charge in [0, 0.05) is 6.08 Å². The average molecular weight is 243 g/mol. The molecule has 0 spiro atoms. The Morgan fingerprint density at radius 2 is 2.00 bits per heavy atom. The quantitative estimate of drug-likeness (QED) is 0.650. The van der Waals surface area contributed by atoms with Gasteiger partial charge in [0.05, 0.1) is 12.6 Å². The van der Waals surface area contributed by atoms with E-state index in [0.29, 0.717) is 0 Å². The van der Waals surface area contributed by atoms with Crippen LogP contribution < -0.4 is 10.1 Å². The predicted molar refractivity (Wildman–Crippen MR) is 73.1 cm³/mol. The lowest BCUT2D eigenvalue weighted by atomic mass is 10.1. The Bertz CT molecular complexity index is 478. The van der Waals surface area contributed by atoms with Crippen molar-refractivity contribution >= 4 is 12.0 Å². The van der Waals surface area contributed by atoms with Gasteiger partial charge >= 0.3 is 0 Å². The van der Waals surface area contributed by atoms with Gasteiger partial charge in [0.2, 0.25) is 5.91 Å². The van der Waals surface area contributed by atoms with Gasteiger partial charge in [0.1, 0.15) is 5.75 Å². The van der Waals surface area contributed by atoms with E-state index in [1.165, 1.54) is 6.08 Å². The Morgan fingerprint density at radius 1 is 1.39 bits per heavy atom. The van der Waals surface area contributed by atoms with Crippen LogP contribution in [0.4, 0.5) is 0 Å². The summed E-state index contributed by atoms with van der Waals surface area (Å²) in [5, 5.41) is 2.71. The zero-order valence-electron chi connectivity index (χ0n) is 10.9. The van der Waals surface area contributed by atoms with Gasteiger partial charge in [-0.25, -0.2) is 0 Å². The van der Waals surface area contributed by atoms with Gasteiger partial charge < -0.3 is 10.1 Å². The molecule has 0 aliphatic heterocycles. The molecule has 1 N–H and O–H groups in total. The molecular formula is C15H17NO2. The standard InChI is InChI=1S/C15H17NO2/c1-5-15(2,3)16-14(17)11-8-12-6-9-13(18-4)10-7-12/h1,6-11H,2-4H3,(H,16,17). The van der Waals surface area contributed by atoms with E-state index in [2.05, 4.69) is 11.2 Å². The number of amides is 1. The third-order valence-corrected chi connectivity index (χ3v) is 2.34. The normalized spacial score (nSPS) is 11.0. The van der Waals surface area contributed by atoms with Crippen molar-refractivity contribution in [2.45, 2.75) is 19.4 Å². The maximum Gasteiger partial charge on any atom is 0.245 e. The van der Waals surface area contributed by atoms with Crippen LogP contribution in [0.5, 0.6) is 5.75 Å². The number of carbonyl (C=O) groups excluding carboxylic acids is 1. The van der Waals surface area contributed by atoms with Crippen molar-refractivity contribution in [3.8, 4) is 18.1 Å². The Kier molecular flexibility index (Phi) is 4.56. The molecule has 94 valence electrons. The van der Waals surface area contributed by atoms with Gasteiger partial charge in [-0.15, -0.1) is 6.42 Å². The van der Waals surface area contributed by atoms with Gasteiger partial charge in [-0.05, 0) is 37.6 Å². The van der Waals surface area contributed by atoms with Crippen LogP contribution in [0.15, 0.2) is 30.3 Å². The minimum absolute atomic E-state index is 0.214. The second-order valence-electron chi connectivity index (χ2n) is 4.37. The highest BCUT2D eigenvalue weighted by atomic mass is 16.5. The number of ether oxygens (including phenoxy) is 1. The molecule has 0 radical (unpaired) electrons. The highest BCUT2D eigenvalue weighted by molar-refractivity contribution is 5.92. The summed E-state index contributed by atoms with van der Waals surface area (Å²) in [5.41, 5.74) is 0.283. The van der Waals surface area contributed by atoms with Crippen LogP contribution in [0, 0.1) is 12.3 Å². The van der Waals surface area contributed by atoms with E-state index < -0.39 is 5.54 Å². The molecule has 0 heterocycles. The summed E-state index contributed by atoms with van der Waals surface area (Å²) >= 11 is 0. The van der Waals surface area contributed by atoms with Crippen LogP contribution >= 0.6 is 0 Å². The first-order valence-corrected chi connectivity index (χ1v) is 5.59. The molecule has 1 amide bonds. The van der Waals surface area contributed by atoms with Crippen molar-refractivity contribution in [2.24, 2.45) is 0 Å². The number of rotatable bonds is 4. The summed E-state index contributed by atoms with van der Waals surface area (Å²) in [7, 11) is 1.61. The number of carbonyl (C=O) groups is 1. The molecule has 0 atom stereocenters. The summed E-state index contributed by atoms with van der Waals surface area (Å²) in [6.45, 7) is 3.54. The fraction of sp³-hybridized carbons (Fsp3) is 0.267. The SMILES string of the molecule is C#CC(C)(C)NC(=O)C=Cc1ccc(OC)cc1. The molecule has 1 aromatic carbocycles. The van der Waals surface area contributed by atoms with E-state index in [4.69, 9.17) is 11.2 Å². The first-order chi connectivity index (χ1) is 8.46. The van der Waals surface area contributed by atoms with E-state index >= 15 is 0 Å². The average Bonchev–Trinajstić information content (AvgIpc) is 2.36. The Hall–Kier alpha value is -2.21. The zero-order valence-corrected chi connectivity index (χ0v) is 10.9. The van der Waals surface area contributed by atoms with Crippen LogP contribution in [-0.2, 0) is 4.79 Å². The van der Waals surface area contributed by atoms with E-state index in [0.717, 1.165) is 11.3 Å². The maximum atomic E-state index is 11.6. The van der Waals surface area contributed by atoms with Crippen molar-refractivity contribution in [3.05, 3.63) is 35.9 Å². The molecule has 18 heavy (non-hydrogen) atoms. The van der Waals surface area contributed by atoms with Gasteiger partial charge in [-0.2, -0.15) is 0 Å². The third-order valence-electron chi connectivity index (χ3n) is 2.34. The van der Waals surface area contributed by atoms with Crippen LogP contribution in [0.1, 0.15) is 19.4 Å². The van der Waals surface area contributed by atoms with E-state index in [9.17, 15) is 4.79 Å². The molecule has 1 rings (SSSR count). The Balaban J connectivity index is 2.64. The lowest BCUT2D eigenvalue weighted by Gasteiger charge is -2.17. The van der Waals surface area contributed by atoms with E-state index in [-0.39, 0.29) is 5.91 Å². The largest absolute Gasteiger partial charge is 0.497 e. The molecule has 0 unspecified atom stereocenters. The monoisotopic (exact) mass is 243 g/mol. The smallest absolute Gasteiger partial charge is 0.245 e. The summed E-state index contributed by atoms with van der Waals surface area (Å²) in [6.07, 6.45) is 8.47. The van der Waals surface area contributed by atoms with Crippen LogP contribution in [0.2, 0.25) is 0 Å². The van der Waals surface area contributed by atoms with Crippen molar-refractivity contribution < 1.29 is 9.53 Å². The molecule has 0 saturated heterocycles. The first kappa shape index (κ1) is 13.9. The molecule has 3 nitrogen and oxygen atoms in total. The number of hydrogen-bond donors (Lipinski definition) is 1. The number of terminal acetylenes is 1. The van der Waals surface area contributed by atoms with Gasteiger partial charge in [-0.3, -0.25) is 4.79 Å². The molecular weight excluding hydrogens is 226 g/mol. The van der Waals surface area contributed by atoms with Gasteiger partial charge in [0.25, 0.3) is 0 Å². The number of methoxy groups -OCH3 is 1. The molecule has 0 bridgehead atoms. The van der Waals surface area contributed by atoms with Crippen molar-refractivity contribution in [1.82, 2.24) is 5.32 Å². The number of nitrogens with one attached hydrogen (secondary N) is 1. The minimum Gasteiger partial charge on any atom is -0.497 e. The second kappa shape index (κ2) is 5.92. The maximum absolute atomic E-state index is 11.6. The van der Waals surface area contributed by atoms with E-state index in [1.807, 2.05) is 24.3 Å². The minimum atomic E-state index is -0.638. The topological polar surface area (TPSA) is 38.3 Å². The summed E-state index contributed by atoms with van der Waals surface area (Å²) in [4.78, 5) is 11.6. The Morgan fingerprint density at radius 3 is 2.50 bits per heavy atom. The van der Waals surface area contributed by atoms with Crippen LogP contribution in [0.3, 0.4) is 0 Å². The fourth-order valence-corrected chi connectivity index (χ4v) is 1.27. The van der Waals surface area contributed by atoms with Crippen LogP contribution in [0.25, 0.3) is 6.08 Å². The van der Waals surface area contributed by atoms with Crippen molar-refractivity contribution in [3.63, 3.8) is 0 Å². The second-order valence-corrected chi connectivity index (χ2v) is 4.37. The lowest BCUT2D eigenvalue weighted by Crippen LogP contribution is -2.41. The lowest BCUT2D eigenvalue weighted by molar-refractivity contribution is -0.117. The third kappa shape index (κ3) is 4.34. The molecule has 1 aromatic rings. The highest BCUT2D eigenvalue weighted by Crippen LogP contribution is 2.12. The molecule has 0 saturated carbocycles. The molecule has 0 aliphatic rings. The predicted octanol–water partition coefficient (Wildman–Crippen LogP) is 2.24. The first-order valence-electron chi connectivity index (χ1n) is 5.59. The van der Waals surface area contributed by atoms with Crippen molar-refractivity contribution in [1.29, 1.82) is 0 Å². The number of hydrogen-bond acceptors (Lipinski definition) is 2. The molecule has 0 aliphatic carbocycles. The molecule has 0 fully saturated rings.